The predicted octanol–water partition coefficient (Wildman–Crippen LogP) is 2.78. The van der Waals surface area contributed by atoms with E-state index in [0.29, 0.717) is 28.6 Å². The number of esters is 1. The smallest absolute Gasteiger partial charge is 0.307 e. The first-order valence-corrected chi connectivity index (χ1v) is 7.83. The number of rotatable bonds is 8. The number of ether oxygens (including phenoxy) is 1. The van der Waals surface area contributed by atoms with Crippen LogP contribution in [-0.4, -0.2) is 48.7 Å². The van der Waals surface area contributed by atoms with Crippen molar-refractivity contribution >= 4 is 41.2 Å². The average molecular weight is 360 g/mol. The second-order valence-electron chi connectivity index (χ2n) is 4.73. The van der Waals surface area contributed by atoms with Crippen LogP contribution < -0.4 is 0 Å². The molecule has 0 unspecified atom stereocenters. The van der Waals surface area contributed by atoms with Gasteiger partial charge in [0.1, 0.15) is 0 Å². The Morgan fingerprint density at radius 3 is 2.65 bits per heavy atom. The fourth-order valence-electron chi connectivity index (χ4n) is 1.83. The van der Waals surface area contributed by atoms with Gasteiger partial charge >= 0.3 is 5.97 Å². The fraction of sp³-hybridized carbons (Fsp3) is 0.375. The summed E-state index contributed by atoms with van der Waals surface area (Å²) in [6.07, 6.45) is 3.50. The van der Waals surface area contributed by atoms with Gasteiger partial charge in [0.05, 0.1) is 13.5 Å². The quantitative estimate of drug-likeness (QED) is 0.572. The first-order valence-electron chi connectivity index (χ1n) is 7.07. The maximum atomic E-state index is 12.2. The van der Waals surface area contributed by atoms with Gasteiger partial charge in [0.2, 0.25) is 5.91 Å². The molecule has 1 N–H and O–H groups in total. The number of methoxy groups -OCH3 is 1. The SMILES string of the molecule is COC(=O)CCN(CCCO)C(=O)/C=C/c1ccc(Cl)cc1Cl. The number of aliphatic hydroxyl groups excluding tert-OH is 1. The lowest BCUT2D eigenvalue weighted by molar-refractivity contribution is -0.141. The van der Waals surface area contributed by atoms with Crippen LogP contribution in [0.1, 0.15) is 18.4 Å². The Balaban J connectivity index is 2.74. The maximum absolute atomic E-state index is 12.2. The zero-order valence-corrected chi connectivity index (χ0v) is 14.3. The van der Waals surface area contributed by atoms with Gasteiger partial charge in [-0.2, -0.15) is 0 Å². The van der Waals surface area contributed by atoms with Crippen molar-refractivity contribution in [3.05, 3.63) is 39.9 Å². The second-order valence-corrected chi connectivity index (χ2v) is 5.57. The summed E-state index contributed by atoms with van der Waals surface area (Å²) in [6, 6.07) is 4.98. The molecule has 0 heterocycles. The molecule has 0 bridgehead atoms. The Kier molecular flexibility index (Phi) is 8.69. The van der Waals surface area contributed by atoms with E-state index in [0.717, 1.165) is 0 Å². The molecule has 5 nitrogen and oxygen atoms in total. The van der Waals surface area contributed by atoms with E-state index in [9.17, 15) is 9.59 Å². The molecule has 7 heteroatoms. The number of aliphatic hydroxyl groups is 1. The summed E-state index contributed by atoms with van der Waals surface area (Å²) in [5.41, 5.74) is 0.666. The van der Waals surface area contributed by atoms with Crippen LogP contribution in [0.5, 0.6) is 0 Å². The topological polar surface area (TPSA) is 66.8 Å². The minimum absolute atomic E-state index is 0.0330. The van der Waals surface area contributed by atoms with Gasteiger partial charge in [0.15, 0.2) is 0 Å². The molecule has 1 aromatic carbocycles. The molecule has 0 aliphatic carbocycles. The minimum Gasteiger partial charge on any atom is -0.469 e. The maximum Gasteiger partial charge on any atom is 0.307 e. The van der Waals surface area contributed by atoms with Crippen LogP contribution in [0.3, 0.4) is 0 Å². The van der Waals surface area contributed by atoms with Crippen LogP contribution in [0.2, 0.25) is 10.0 Å². The molecule has 0 saturated heterocycles. The highest BCUT2D eigenvalue weighted by Gasteiger charge is 2.12. The van der Waals surface area contributed by atoms with E-state index in [1.165, 1.54) is 18.1 Å². The summed E-state index contributed by atoms with van der Waals surface area (Å²) in [7, 11) is 1.30. The lowest BCUT2D eigenvalue weighted by atomic mass is 10.2. The second kappa shape index (κ2) is 10.3. The summed E-state index contributed by atoms with van der Waals surface area (Å²) in [5.74, 6) is -0.662. The van der Waals surface area contributed by atoms with E-state index in [4.69, 9.17) is 28.3 Å². The van der Waals surface area contributed by atoms with Crippen LogP contribution in [-0.2, 0) is 14.3 Å². The molecule has 0 aromatic heterocycles. The summed E-state index contributed by atoms with van der Waals surface area (Å²) in [4.78, 5) is 24.9. The monoisotopic (exact) mass is 359 g/mol. The van der Waals surface area contributed by atoms with Crippen molar-refractivity contribution in [3.63, 3.8) is 0 Å². The highest BCUT2D eigenvalue weighted by atomic mass is 35.5. The molecule has 0 radical (unpaired) electrons. The van der Waals surface area contributed by atoms with Crippen molar-refractivity contribution in [2.24, 2.45) is 0 Å². The van der Waals surface area contributed by atoms with Crippen molar-refractivity contribution < 1.29 is 19.4 Å². The molecule has 1 rings (SSSR count). The van der Waals surface area contributed by atoms with Crippen molar-refractivity contribution in [1.82, 2.24) is 4.90 Å². The average Bonchev–Trinajstić information content (AvgIpc) is 2.53. The molecule has 1 aromatic rings. The van der Waals surface area contributed by atoms with Crippen molar-refractivity contribution in [1.29, 1.82) is 0 Å². The lowest BCUT2D eigenvalue weighted by Gasteiger charge is -2.20. The molecule has 0 fully saturated rings. The first kappa shape index (κ1) is 19.5. The molecule has 126 valence electrons. The fourth-order valence-corrected chi connectivity index (χ4v) is 2.30. The standard InChI is InChI=1S/C16H19Cl2NO4/c1-23-16(22)7-9-19(8-2-10-20)15(21)6-4-12-3-5-13(17)11-14(12)18/h3-6,11,20H,2,7-10H2,1H3/b6-4+. The van der Waals surface area contributed by atoms with Crippen LogP contribution in [0.4, 0.5) is 0 Å². The third-order valence-electron chi connectivity index (χ3n) is 3.08. The summed E-state index contributed by atoms with van der Waals surface area (Å²) >= 11 is 11.9. The van der Waals surface area contributed by atoms with E-state index in [1.54, 1.807) is 24.3 Å². The Morgan fingerprint density at radius 1 is 1.30 bits per heavy atom. The highest BCUT2D eigenvalue weighted by molar-refractivity contribution is 6.35. The Bertz CT molecular complexity index is 575. The van der Waals surface area contributed by atoms with Gasteiger partial charge in [-0.25, -0.2) is 0 Å². The molecular formula is C16H19Cl2NO4. The third kappa shape index (κ3) is 7.03. The molecule has 0 aliphatic heterocycles. The van der Waals surface area contributed by atoms with Crippen molar-refractivity contribution in [3.8, 4) is 0 Å². The van der Waals surface area contributed by atoms with Gasteiger partial charge in [0.25, 0.3) is 0 Å². The van der Waals surface area contributed by atoms with E-state index in [1.807, 2.05) is 0 Å². The zero-order valence-electron chi connectivity index (χ0n) is 12.8. The molecule has 23 heavy (non-hydrogen) atoms. The van der Waals surface area contributed by atoms with Crippen molar-refractivity contribution in [2.75, 3.05) is 26.8 Å². The normalized spacial score (nSPS) is 10.8. The highest BCUT2D eigenvalue weighted by Crippen LogP contribution is 2.22. The van der Waals surface area contributed by atoms with E-state index < -0.39 is 5.97 Å². The van der Waals surface area contributed by atoms with E-state index >= 15 is 0 Å². The number of carbonyl (C=O) groups is 2. The Hall–Kier alpha value is -1.56. The number of hydrogen-bond acceptors (Lipinski definition) is 4. The van der Waals surface area contributed by atoms with Crippen LogP contribution >= 0.6 is 23.2 Å². The van der Waals surface area contributed by atoms with Gasteiger partial charge in [-0.05, 0) is 30.2 Å². The number of hydrogen-bond donors (Lipinski definition) is 1. The Morgan fingerprint density at radius 2 is 2.04 bits per heavy atom. The van der Waals surface area contributed by atoms with Crippen LogP contribution in [0, 0.1) is 0 Å². The first-order chi connectivity index (χ1) is 11.0. The molecular weight excluding hydrogens is 341 g/mol. The van der Waals surface area contributed by atoms with Gasteiger partial charge in [-0.1, -0.05) is 29.3 Å². The summed E-state index contributed by atoms with van der Waals surface area (Å²) in [6.45, 7) is 0.546. The summed E-state index contributed by atoms with van der Waals surface area (Å²) in [5, 5.41) is 9.87. The largest absolute Gasteiger partial charge is 0.469 e. The number of halogens is 2. The number of benzene rings is 1. The van der Waals surface area contributed by atoms with Crippen LogP contribution in [0.15, 0.2) is 24.3 Å². The molecule has 0 atom stereocenters. The third-order valence-corrected chi connectivity index (χ3v) is 3.64. The van der Waals surface area contributed by atoms with Gasteiger partial charge < -0.3 is 14.7 Å². The van der Waals surface area contributed by atoms with Crippen molar-refractivity contribution in [2.45, 2.75) is 12.8 Å². The van der Waals surface area contributed by atoms with Gasteiger partial charge in [0, 0.05) is 35.8 Å². The zero-order chi connectivity index (χ0) is 17.2. The molecule has 0 spiro atoms. The Labute approximate surface area is 145 Å². The number of carbonyl (C=O) groups excluding carboxylic acids is 2. The molecule has 0 aliphatic rings. The lowest BCUT2D eigenvalue weighted by Crippen LogP contribution is -2.33. The number of nitrogens with zero attached hydrogens (tertiary/aromatic N) is 1. The number of amides is 1. The molecule has 1 amide bonds. The van der Waals surface area contributed by atoms with Gasteiger partial charge in [-0.3, -0.25) is 9.59 Å². The van der Waals surface area contributed by atoms with Crippen LogP contribution in [0.25, 0.3) is 6.08 Å². The van der Waals surface area contributed by atoms with E-state index in [-0.39, 0.29) is 25.5 Å². The predicted molar refractivity (Wildman–Crippen MR) is 90.4 cm³/mol. The van der Waals surface area contributed by atoms with E-state index in [2.05, 4.69) is 4.74 Å². The summed E-state index contributed by atoms with van der Waals surface area (Å²) < 4.78 is 4.57. The molecule has 0 saturated carbocycles. The minimum atomic E-state index is -0.392. The van der Waals surface area contributed by atoms with Gasteiger partial charge in [-0.15, -0.1) is 0 Å².